The third-order valence-corrected chi connectivity index (χ3v) is 12.7. The summed E-state index contributed by atoms with van der Waals surface area (Å²) >= 11 is 1.66. The average Bonchev–Trinajstić information content (AvgIpc) is 3.35. The minimum absolute atomic E-state index is 0.00425. The highest BCUT2D eigenvalue weighted by molar-refractivity contribution is 7.98. The molecule has 388 valence electrons. The number of hydrogen-bond donors (Lipinski definition) is 5. The molecule has 0 aliphatic rings. The molecule has 4 amide bonds. The fraction of sp³-hybridized carbons (Fsp3) is 0.200. The standard InChI is InChI=1S/C55H46F9N7O3S/c1-32-21-37(53(56,57)58)26-42(22-32)67-51(73)69-49-9-5-3-7-45(49)33-13-17-47-35(23-33)11-15-40(65-47)29-71(44(31-72)19-20-75-2)30-41-16-12-36-24-34(14-18-48(36)66-41)46-8-4-6-10-50(46)70-52(74)68-43-27-38(54(59,60)61)25-39(28-43)55(62,63)64/h3-18,21-28,44,72H,19-20,29-31H2,1-2H3,(H2,67,69,73)(H2,68,70,74). The van der Waals surface area contributed by atoms with E-state index in [-0.39, 0.29) is 30.1 Å². The third kappa shape index (κ3) is 13.5. The van der Waals surface area contributed by atoms with Gasteiger partial charge in [-0.1, -0.05) is 60.7 Å². The first-order chi connectivity index (χ1) is 35.6. The first-order valence-corrected chi connectivity index (χ1v) is 24.5. The Labute approximate surface area is 428 Å². The summed E-state index contributed by atoms with van der Waals surface area (Å²) in [4.78, 5) is 38.2. The molecule has 0 saturated heterocycles. The molecule has 0 aliphatic heterocycles. The van der Waals surface area contributed by atoms with Crippen LogP contribution < -0.4 is 21.3 Å². The van der Waals surface area contributed by atoms with E-state index in [1.807, 2.05) is 60.9 Å². The second-order valence-electron chi connectivity index (χ2n) is 17.6. The number of nitrogens with one attached hydrogen (secondary N) is 4. The van der Waals surface area contributed by atoms with Crippen LogP contribution >= 0.6 is 11.8 Å². The highest BCUT2D eigenvalue weighted by atomic mass is 32.2. The molecule has 2 heterocycles. The number of benzene rings is 6. The van der Waals surface area contributed by atoms with Crippen molar-refractivity contribution in [1.82, 2.24) is 14.9 Å². The Morgan fingerprint density at radius 2 is 1.00 bits per heavy atom. The van der Waals surface area contributed by atoms with Gasteiger partial charge in [0.05, 0.1) is 57.1 Å². The Morgan fingerprint density at radius 3 is 1.44 bits per heavy atom. The van der Waals surface area contributed by atoms with Gasteiger partial charge in [-0.2, -0.15) is 51.3 Å². The van der Waals surface area contributed by atoms with Crippen LogP contribution in [-0.4, -0.2) is 56.7 Å². The molecule has 8 rings (SSSR count). The van der Waals surface area contributed by atoms with Gasteiger partial charge in [-0.15, -0.1) is 0 Å². The molecule has 0 fully saturated rings. The van der Waals surface area contributed by atoms with E-state index in [4.69, 9.17) is 9.97 Å². The van der Waals surface area contributed by atoms with Gasteiger partial charge < -0.3 is 26.4 Å². The molecule has 0 saturated carbocycles. The number of thioether (sulfide) groups is 1. The predicted octanol–water partition coefficient (Wildman–Crippen LogP) is 14.9. The number of aliphatic hydroxyl groups is 1. The van der Waals surface area contributed by atoms with Crippen LogP contribution in [0.3, 0.4) is 0 Å². The van der Waals surface area contributed by atoms with E-state index < -0.39 is 53.0 Å². The number of aliphatic hydroxyl groups excluding tert-OH is 1. The first kappa shape index (κ1) is 53.6. The Balaban J connectivity index is 0.977. The molecule has 6 aromatic carbocycles. The van der Waals surface area contributed by atoms with Crippen LogP contribution in [0.25, 0.3) is 44.1 Å². The maximum Gasteiger partial charge on any atom is 0.416 e. The zero-order chi connectivity index (χ0) is 53.7. The van der Waals surface area contributed by atoms with Crippen LogP contribution in [0.1, 0.15) is 40.1 Å². The number of fused-ring (bicyclic) bond motifs is 2. The van der Waals surface area contributed by atoms with Crippen molar-refractivity contribution in [1.29, 1.82) is 0 Å². The fourth-order valence-corrected chi connectivity index (χ4v) is 9.03. The van der Waals surface area contributed by atoms with Crippen LogP contribution in [0.15, 0.2) is 146 Å². The second-order valence-corrected chi connectivity index (χ2v) is 18.6. The number of carbonyl (C=O) groups excluding carboxylic acids is 2. The number of aryl methyl sites for hydroxylation is 1. The molecule has 0 radical (unpaired) electrons. The number of amides is 4. The second kappa shape index (κ2) is 22.4. The van der Waals surface area contributed by atoms with Gasteiger partial charge in [-0.3, -0.25) is 14.9 Å². The van der Waals surface area contributed by atoms with Crippen LogP contribution in [0.2, 0.25) is 0 Å². The number of urea groups is 2. The monoisotopic (exact) mass is 1060 g/mol. The van der Waals surface area contributed by atoms with Crippen molar-refractivity contribution in [2.24, 2.45) is 0 Å². The van der Waals surface area contributed by atoms with E-state index in [9.17, 15) is 54.2 Å². The predicted molar refractivity (Wildman–Crippen MR) is 275 cm³/mol. The van der Waals surface area contributed by atoms with Crippen LogP contribution in [-0.2, 0) is 31.6 Å². The number of hydrogen-bond acceptors (Lipinski definition) is 7. The van der Waals surface area contributed by atoms with E-state index in [2.05, 4.69) is 26.2 Å². The maximum atomic E-state index is 13.5. The van der Waals surface area contributed by atoms with Crippen LogP contribution in [0.5, 0.6) is 0 Å². The van der Waals surface area contributed by atoms with E-state index >= 15 is 0 Å². The average molecular weight is 1060 g/mol. The Morgan fingerprint density at radius 1 is 0.560 bits per heavy atom. The van der Waals surface area contributed by atoms with Crippen molar-refractivity contribution in [3.63, 3.8) is 0 Å². The summed E-state index contributed by atoms with van der Waals surface area (Å²) in [6, 6.07) is 34.3. The largest absolute Gasteiger partial charge is 0.416 e. The van der Waals surface area contributed by atoms with Crippen molar-refractivity contribution in [3.8, 4) is 22.3 Å². The molecule has 1 atom stereocenters. The number of anilines is 4. The molecule has 10 nitrogen and oxygen atoms in total. The smallest absolute Gasteiger partial charge is 0.395 e. The summed E-state index contributed by atoms with van der Waals surface area (Å²) in [5, 5.41) is 22.1. The molecular formula is C55H46F9N7O3S. The highest BCUT2D eigenvalue weighted by Crippen LogP contribution is 2.39. The number of nitrogens with zero attached hydrogens (tertiary/aromatic N) is 3. The van der Waals surface area contributed by atoms with Gasteiger partial charge in [0.1, 0.15) is 0 Å². The molecule has 0 spiro atoms. The molecule has 20 heteroatoms. The first-order valence-electron chi connectivity index (χ1n) is 23.1. The zero-order valence-electron chi connectivity index (χ0n) is 39.9. The van der Waals surface area contributed by atoms with E-state index in [0.29, 0.717) is 76.3 Å². The topological polar surface area (TPSA) is 132 Å². The normalized spacial score (nSPS) is 12.5. The van der Waals surface area contributed by atoms with E-state index in [1.165, 1.54) is 13.0 Å². The maximum absolute atomic E-state index is 13.5. The number of para-hydroxylation sites is 2. The lowest BCUT2D eigenvalue weighted by Crippen LogP contribution is -2.38. The lowest BCUT2D eigenvalue weighted by Gasteiger charge is -2.30. The van der Waals surface area contributed by atoms with Crippen molar-refractivity contribution in [2.45, 2.75) is 51.0 Å². The molecule has 75 heavy (non-hydrogen) atoms. The van der Waals surface area contributed by atoms with Crippen molar-refractivity contribution in [2.75, 3.05) is 39.9 Å². The molecule has 8 aromatic rings. The Bertz CT molecular complexity index is 3360. The van der Waals surface area contributed by atoms with Gasteiger partial charge in [-0.25, -0.2) is 9.59 Å². The lowest BCUT2D eigenvalue weighted by molar-refractivity contribution is -0.143. The number of aromatic nitrogens is 2. The quantitative estimate of drug-likeness (QED) is 0.0646. The number of halogens is 9. The number of pyridine rings is 2. The van der Waals surface area contributed by atoms with Gasteiger partial charge in [-0.05, 0) is 127 Å². The van der Waals surface area contributed by atoms with Gasteiger partial charge >= 0.3 is 30.6 Å². The minimum Gasteiger partial charge on any atom is -0.395 e. The molecule has 1 unspecified atom stereocenters. The van der Waals surface area contributed by atoms with Crippen molar-refractivity contribution in [3.05, 3.63) is 179 Å². The molecule has 0 bridgehead atoms. The zero-order valence-corrected chi connectivity index (χ0v) is 40.7. The SMILES string of the molecule is CSCCC(CO)N(Cc1ccc2cc(-c3ccccc3NC(=O)Nc3cc(C)cc(C(F)(F)F)c3)ccc2n1)Cc1ccc2cc(-c3ccccc3NC(=O)Nc3cc(C(F)(F)F)cc(C(F)(F)F)c3)ccc2n1. The van der Waals surface area contributed by atoms with Gasteiger partial charge in [0.15, 0.2) is 0 Å². The number of alkyl halides is 9. The summed E-state index contributed by atoms with van der Waals surface area (Å²) in [6.45, 7) is 2.09. The molecular weight excluding hydrogens is 1010 g/mol. The number of rotatable bonds is 15. The van der Waals surface area contributed by atoms with Gasteiger partial charge in [0, 0.05) is 52.4 Å². The fourth-order valence-electron chi connectivity index (χ4n) is 8.52. The van der Waals surface area contributed by atoms with E-state index in [0.717, 1.165) is 39.9 Å². The summed E-state index contributed by atoms with van der Waals surface area (Å²) in [5.74, 6) is 0.786. The molecule has 0 aliphatic carbocycles. The lowest BCUT2D eigenvalue weighted by atomic mass is 10.0. The Kier molecular flexibility index (Phi) is 16.0. The summed E-state index contributed by atoms with van der Waals surface area (Å²) in [5.41, 5.74) is 1.61. The third-order valence-electron chi connectivity index (χ3n) is 12.1. The van der Waals surface area contributed by atoms with Gasteiger partial charge in [0.25, 0.3) is 0 Å². The molecule has 2 aromatic heterocycles. The minimum atomic E-state index is -5.10. The molecule has 5 N–H and O–H groups in total. The highest BCUT2D eigenvalue weighted by Gasteiger charge is 2.37. The van der Waals surface area contributed by atoms with Crippen molar-refractivity contribution >= 4 is 68.4 Å². The Hall–Kier alpha value is -7.68. The van der Waals surface area contributed by atoms with Crippen molar-refractivity contribution < 1.29 is 54.2 Å². The number of carbonyl (C=O) groups is 2. The summed E-state index contributed by atoms with van der Waals surface area (Å²) in [7, 11) is 0. The summed E-state index contributed by atoms with van der Waals surface area (Å²) in [6.07, 6.45) is -12.1. The van der Waals surface area contributed by atoms with Crippen LogP contribution in [0.4, 0.5) is 71.9 Å². The summed E-state index contributed by atoms with van der Waals surface area (Å²) < 4.78 is 121. The van der Waals surface area contributed by atoms with E-state index in [1.54, 1.807) is 66.4 Å². The van der Waals surface area contributed by atoms with Gasteiger partial charge in [0.2, 0.25) is 0 Å². The van der Waals surface area contributed by atoms with Crippen LogP contribution in [0, 0.1) is 6.92 Å².